The standard InChI is InChI=1S/C21H15Br3O3/c1-25-10-4-6-12-14(8-10)15-9-11(26-2)5-7-13(15)17-16(12)18(22)20(24)21(27-3)19(17)23/h4-9H,1-3H3. The summed E-state index contributed by atoms with van der Waals surface area (Å²) in [5.41, 5.74) is 0. The van der Waals surface area contributed by atoms with E-state index in [-0.39, 0.29) is 0 Å². The summed E-state index contributed by atoms with van der Waals surface area (Å²) in [6.07, 6.45) is 0. The maximum Gasteiger partial charge on any atom is 0.149 e. The summed E-state index contributed by atoms with van der Waals surface area (Å²) in [6, 6.07) is 12.3. The van der Waals surface area contributed by atoms with Gasteiger partial charge in [0.15, 0.2) is 0 Å². The molecule has 4 aromatic rings. The molecule has 138 valence electrons. The van der Waals surface area contributed by atoms with Gasteiger partial charge < -0.3 is 14.2 Å². The van der Waals surface area contributed by atoms with Crippen molar-refractivity contribution in [2.45, 2.75) is 0 Å². The molecule has 0 saturated carbocycles. The summed E-state index contributed by atoms with van der Waals surface area (Å²) in [5, 5.41) is 6.59. The monoisotopic (exact) mass is 552 g/mol. The predicted octanol–water partition coefficient (Wildman–Crippen LogP) is 7.46. The molecule has 0 N–H and O–H groups in total. The Morgan fingerprint density at radius 1 is 0.556 bits per heavy atom. The number of fused-ring (bicyclic) bond motifs is 6. The molecule has 27 heavy (non-hydrogen) atoms. The Bertz CT molecular complexity index is 1220. The van der Waals surface area contributed by atoms with Crippen LogP contribution >= 0.6 is 47.8 Å². The highest BCUT2D eigenvalue weighted by Crippen LogP contribution is 2.50. The summed E-state index contributed by atoms with van der Waals surface area (Å²) in [6.45, 7) is 0. The number of rotatable bonds is 3. The van der Waals surface area contributed by atoms with Gasteiger partial charge in [-0.2, -0.15) is 0 Å². The summed E-state index contributed by atoms with van der Waals surface area (Å²) >= 11 is 11.2. The molecule has 4 rings (SSSR count). The molecule has 0 aliphatic rings. The van der Waals surface area contributed by atoms with Crippen molar-refractivity contribution >= 4 is 80.1 Å². The average Bonchev–Trinajstić information content (AvgIpc) is 2.70. The lowest BCUT2D eigenvalue weighted by Gasteiger charge is -2.18. The average molecular weight is 555 g/mol. The van der Waals surface area contributed by atoms with Crippen LogP contribution in [0.4, 0.5) is 0 Å². The van der Waals surface area contributed by atoms with E-state index in [1.165, 1.54) is 0 Å². The Balaban J connectivity index is 2.37. The Morgan fingerprint density at radius 3 is 1.48 bits per heavy atom. The zero-order valence-corrected chi connectivity index (χ0v) is 19.6. The van der Waals surface area contributed by atoms with Crippen molar-refractivity contribution in [1.82, 2.24) is 0 Å². The van der Waals surface area contributed by atoms with Crippen molar-refractivity contribution < 1.29 is 14.2 Å². The fourth-order valence-electron chi connectivity index (χ4n) is 3.51. The molecule has 6 heteroatoms. The Labute approximate surface area is 182 Å². The lowest BCUT2D eigenvalue weighted by atomic mass is 9.94. The molecule has 0 aliphatic heterocycles. The Kier molecular flexibility index (Phi) is 4.99. The topological polar surface area (TPSA) is 27.7 Å². The van der Waals surface area contributed by atoms with Crippen molar-refractivity contribution in [1.29, 1.82) is 0 Å². The molecule has 0 atom stereocenters. The fraction of sp³-hybridized carbons (Fsp3) is 0.143. The van der Waals surface area contributed by atoms with Crippen molar-refractivity contribution in [3.63, 3.8) is 0 Å². The fourth-order valence-corrected chi connectivity index (χ4v) is 5.69. The molecule has 0 amide bonds. The second-order valence-electron chi connectivity index (χ2n) is 6.05. The summed E-state index contributed by atoms with van der Waals surface area (Å²) in [7, 11) is 5.02. The minimum atomic E-state index is 0.749. The normalized spacial score (nSPS) is 11.3. The molecule has 0 bridgehead atoms. The first-order chi connectivity index (χ1) is 13.0. The van der Waals surface area contributed by atoms with E-state index in [9.17, 15) is 0 Å². The van der Waals surface area contributed by atoms with Crippen LogP contribution in [0.3, 0.4) is 0 Å². The van der Waals surface area contributed by atoms with Crippen LogP contribution in [0.25, 0.3) is 32.3 Å². The van der Waals surface area contributed by atoms with Gasteiger partial charge in [-0.15, -0.1) is 0 Å². The van der Waals surface area contributed by atoms with Gasteiger partial charge in [0.05, 0.1) is 30.3 Å². The van der Waals surface area contributed by atoms with Gasteiger partial charge >= 0.3 is 0 Å². The number of hydrogen-bond acceptors (Lipinski definition) is 3. The van der Waals surface area contributed by atoms with Crippen molar-refractivity contribution in [2.24, 2.45) is 0 Å². The smallest absolute Gasteiger partial charge is 0.149 e. The number of benzene rings is 4. The minimum absolute atomic E-state index is 0.749. The van der Waals surface area contributed by atoms with Gasteiger partial charge in [-0.3, -0.25) is 0 Å². The van der Waals surface area contributed by atoms with Crippen LogP contribution in [0, 0.1) is 0 Å². The van der Waals surface area contributed by atoms with Gasteiger partial charge in [0.25, 0.3) is 0 Å². The molecule has 0 spiro atoms. The van der Waals surface area contributed by atoms with E-state index in [2.05, 4.69) is 72.1 Å². The van der Waals surface area contributed by atoms with E-state index in [0.29, 0.717) is 0 Å². The quantitative estimate of drug-likeness (QED) is 0.194. The third-order valence-corrected chi connectivity index (χ3v) is 7.61. The van der Waals surface area contributed by atoms with Crippen molar-refractivity contribution in [2.75, 3.05) is 21.3 Å². The van der Waals surface area contributed by atoms with E-state index in [0.717, 1.165) is 63.0 Å². The summed E-state index contributed by atoms with van der Waals surface area (Å²) in [4.78, 5) is 0. The number of ether oxygens (including phenoxy) is 3. The van der Waals surface area contributed by atoms with Gasteiger partial charge in [-0.05, 0) is 93.6 Å². The van der Waals surface area contributed by atoms with Crippen LogP contribution in [-0.4, -0.2) is 21.3 Å². The molecule has 3 nitrogen and oxygen atoms in total. The summed E-state index contributed by atoms with van der Waals surface area (Å²) < 4.78 is 19.3. The van der Waals surface area contributed by atoms with Crippen LogP contribution in [-0.2, 0) is 0 Å². The Hall–Kier alpha value is -1.50. The Morgan fingerprint density at radius 2 is 1.04 bits per heavy atom. The zero-order valence-electron chi connectivity index (χ0n) is 14.8. The van der Waals surface area contributed by atoms with E-state index in [1.807, 2.05) is 12.1 Å². The molecular weight excluding hydrogens is 540 g/mol. The first-order valence-electron chi connectivity index (χ1n) is 8.13. The second-order valence-corrected chi connectivity index (χ2v) is 8.43. The SMILES string of the molecule is COc1ccc2c(c1)c1cc(OC)ccc1c1c(Br)c(OC)c(Br)c(Br)c21. The largest absolute Gasteiger partial charge is 0.497 e. The van der Waals surface area contributed by atoms with Crippen LogP contribution in [0.2, 0.25) is 0 Å². The third kappa shape index (κ3) is 2.80. The van der Waals surface area contributed by atoms with Gasteiger partial charge in [-0.25, -0.2) is 0 Å². The second kappa shape index (κ2) is 7.15. The number of halogens is 3. The van der Waals surface area contributed by atoms with Crippen molar-refractivity contribution in [3.8, 4) is 17.2 Å². The predicted molar refractivity (Wildman–Crippen MR) is 122 cm³/mol. The van der Waals surface area contributed by atoms with Gasteiger partial charge in [0.2, 0.25) is 0 Å². The molecule has 0 aromatic heterocycles. The molecular formula is C21H15Br3O3. The lowest BCUT2D eigenvalue weighted by Crippen LogP contribution is -1.93. The molecule has 0 fully saturated rings. The first kappa shape index (κ1) is 18.8. The molecule has 4 aromatic carbocycles. The van der Waals surface area contributed by atoms with E-state index < -0.39 is 0 Å². The minimum Gasteiger partial charge on any atom is -0.497 e. The molecule has 0 radical (unpaired) electrons. The van der Waals surface area contributed by atoms with Gasteiger partial charge in [-0.1, -0.05) is 12.1 Å². The highest BCUT2D eigenvalue weighted by atomic mass is 79.9. The highest BCUT2D eigenvalue weighted by molar-refractivity contribution is 9.13. The van der Waals surface area contributed by atoms with E-state index in [1.54, 1.807) is 21.3 Å². The van der Waals surface area contributed by atoms with Crippen LogP contribution in [0.5, 0.6) is 17.2 Å². The molecule has 0 unspecified atom stereocenters. The maximum absolute atomic E-state index is 5.64. The zero-order chi connectivity index (χ0) is 19.3. The van der Waals surface area contributed by atoms with Gasteiger partial charge in [0.1, 0.15) is 17.2 Å². The third-order valence-electron chi connectivity index (χ3n) is 4.77. The van der Waals surface area contributed by atoms with Crippen LogP contribution in [0.15, 0.2) is 49.8 Å². The van der Waals surface area contributed by atoms with Crippen LogP contribution < -0.4 is 14.2 Å². The molecule has 0 aliphatic carbocycles. The van der Waals surface area contributed by atoms with Crippen molar-refractivity contribution in [3.05, 3.63) is 49.8 Å². The number of methoxy groups -OCH3 is 3. The molecule has 0 heterocycles. The van der Waals surface area contributed by atoms with E-state index >= 15 is 0 Å². The first-order valence-corrected chi connectivity index (χ1v) is 10.5. The highest BCUT2D eigenvalue weighted by Gasteiger charge is 2.21. The van der Waals surface area contributed by atoms with E-state index in [4.69, 9.17) is 14.2 Å². The van der Waals surface area contributed by atoms with Gasteiger partial charge in [0, 0.05) is 15.2 Å². The maximum atomic E-state index is 5.64. The number of hydrogen-bond donors (Lipinski definition) is 0. The lowest BCUT2D eigenvalue weighted by molar-refractivity contribution is 0.410. The molecule has 0 saturated heterocycles. The van der Waals surface area contributed by atoms with Crippen LogP contribution in [0.1, 0.15) is 0 Å². The summed E-state index contributed by atoms with van der Waals surface area (Å²) in [5.74, 6) is 2.37.